The van der Waals surface area contributed by atoms with Crippen LogP contribution in [0.25, 0.3) is 16.7 Å². The van der Waals surface area contributed by atoms with E-state index in [0.29, 0.717) is 29.1 Å². The number of hydrogen-bond acceptors (Lipinski definition) is 3. The van der Waals surface area contributed by atoms with E-state index in [0.717, 1.165) is 5.56 Å². The lowest BCUT2D eigenvalue weighted by Gasteiger charge is -2.07. The zero-order chi connectivity index (χ0) is 12.4. The van der Waals surface area contributed by atoms with Crippen LogP contribution in [0.3, 0.4) is 0 Å². The molecule has 2 aromatic rings. The summed E-state index contributed by atoms with van der Waals surface area (Å²) < 4.78 is 5.23. The van der Waals surface area contributed by atoms with Gasteiger partial charge in [0.05, 0.1) is 17.5 Å². The standard InChI is InChI=1S/C13H14N2O2/c1-4-17-9(3)12-14-10-7-5-6-8(2)11(10)13(16)15-12/h5-7H,3-4H2,1-2H3,(H,14,15,16). The number of H-pyrrole nitrogens is 1. The second-order valence-corrected chi connectivity index (χ2v) is 3.74. The van der Waals surface area contributed by atoms with Gasteiger partial charge in [-0.2, -0.15) is 0 Å². The van der Waals surface area contributed by atoms with Crippen LogP contribution in [-0.2, 0) is 4.74 Å². The second-order valence-electron chi connectivity index (χ2n) is 3.74. The zero-order valence-corrected chi connectivity index (χ0v) is 9.91. The molecule has 0 aliphatic carbocycles. The number of nitrogens with one attached hydrogen (secondary N) is 1. The van der Waals surface area contributed by atoms with E-state index < -0.39 is 0 Å². The minimum absolute atomic E-state index is 0.163. The fourth-order valence-electron chi connectivity index (χ4n) is 1.73. The van der Waals surface area contributed by atoms with Crippen molar-refractivity contribution < 1.29 is 4.74 Å². The lowest BCUT2D eigenvalue weighted by Crippen LogP contribution is -2.13. The molecule has 1 N–H and O–H groups in total. The molecule has 0 unspecified atom stereocenters. The molecule has 4 nitrogen and oxygen atoms in total. The Morgan fingerprint density at radius 3 is 3.00 bits per heavy atom. The highest BCUT2D eigenvalue weighted by Crippen LogP contribution is 2.14. The summed E-state index contributed by atoms with van der Waals surface area (Å²) in [6, 6.07) is 5.56. The minimum atomic E-state index is -0.163. The summed E-state index contributed by atoms with van der Waals surface area (Å²) in [5, 5.41) is 0.612. The molecular formula is C13H14N2O2. The Hall–Kier alpha value is -2.10. The van der Waals surface area contributed by atoms with Crippen LogP contribution < -0.4 is 5.56 Å². The third-order valence-electron chi connectivity index (χ3n) is 2.52. The molecule has 0 radical (unpaired) electrons. The van der Waals surface area contributed by atoms with E-state index in [2.05, 4.69) is 16.5 Å². The number of rotatable bonds is 3. The monoisotopic (exact) mass is 230 g/mol. The molecule has 0 bridgehead atoms. The SMILES string of the molecule is C=C(OCC)c1nc2cccc(C)c2c(=O)[nH]1. The van der Waals surface area contributed by atoms with Crippen molar-refractivity contribution in [3.8, 4) is 0 Å². The van der Waals surface area contributed by atoms with E-state index in [1.807, 2.05) is 26.0 Å². The topological polar surface area (TPSA) is 55.0 Å². The molecule has 0 saturated carbocycles. The minimum Gasteiger partial charge on any atom is -0.491 e. The Bertz CT molecular complexity index is 629. The molecule has 0 amide bonds. The van der Waals surface area contributed by atoms with Crippen molar-refractivity contribution in [1.82, 2.24) is 9.97 Å². The van der Waals surface area contributed by atoms with Crippen LogP contribution in [0.1, 0.15) is 18.3 Å². The number of aryl methyl sites for hydroxylation is 1. The summed E-state index contributed by atoms with van der Waals surface area (Å²) in [6.07, 6.45) is 0. The van der Waals surface area contributed by atoms with Gasteiger partial charge < -0.3 is 9.72 Å². The number of fused-ring (bicyclic) bond motifs is 1. The first kappa shape index (κ1) is 11.4. The Labute approximate surface area is 99.0 Å². The molecular weight excluding hydrogens is 216 g/mol. The van der Waals surface area contributed by atoms with E-state index in [4.69, 9.17) is 4.74 Å². The van der Waals surface area contributed by atoms with Crippen LogP contribution in [0.2, 0.25) is 0 Å². The van der Waals surface area contributed by atoms with Crippen molar-refractivity contribution in [3.05, 3.63) is 46.5 Å². The van der Waals surface area contributed by atoms with Gasteiger partial charge in [-0.3, -0.25) is 4.79 Å². The Balaban J connectivity index is 2.65. The number of nitrogens with zero attached hydrogens (tertiary/aromatic N) is 1. The molecule has 4 heteroatoms. The summed E-state index contributed by atoms with van der Waals surface area (Å²) in [6.45, 7) is 7.97. The molecule has 0 spiro atoms. The molecule has 0 fully saturated rings. The van der Waals surface area contributed by atoms with Gasteiger partial charge in [-0.05, 0) is 25.5 Å². The first-order valence-corrected chi connectivity index (χ1v) is 5.45. The Morgan fingerprint density at radius 1 is 1.53 bits per heavy atom. The number of benzene rings is 1. The van der Waals surface area contributed by atoms with Crippen molar-refractivity contribution in [3.63, 3.8) is 0 Å². The number of aromatic amines is 1. The summed E-state index contributed by atoms with van der Waals surface area (Å²) in [7, 11) is 0. The van der Waals surface area contributed by atoms with Gasteiger partial charge in [0, 0.05) is 0 Å². The van der Waals surface area contributed by atoms with Crippen molar-refractivity contribution in [2.45, 2.75) is 13.8 Å². The van der Waals surface area contributed by atoms with E-state index in [-0.39, 0.29) is 5.56 Å². The van der Waals surface area contributed by atoms with Gasteiger partial charge in [-0.25, -0.2) is 4.98 Å². The van der Waals surface area contributed by atoms with E-state index in [1.54, 1.807) is 6.07 Å². The zero-order valence-electron chi connectivity index (χ0n) is 9.91. The Kier molecular flexibility index (Phi) is 2.95. The van der Waals surface area contributed by atoms with Gasteiger partial charge in [0.1, 0.15) is 0 Å². The van der Waals surface area contributed by atoms with Crippen molar-refractivity contribution in [2.24, 2.45) is 0 Å². The maximum atomic E-state index is 11.9. The quantitative estimate of drug-likeness (QED) is 0.823. The summed E-state index contributed by atoms with van der Waals surface area (Å²) in [5.74, 6) is 0.767. The Morgan fingerprint density at radius 2 is 2.29 bits per heavy atom. The van der Waals surface area contributed by atoms with Crippen LogP contribution >= 0.6 is 0 Å². The molecule has 1 heterocycles. The fourth-order valence-corrected chi connectivity index (χ4v) is 1.73. The number of aromatic nitrogens is 2. The van der Waals surface area contributed by atoms with Gasteiger partial charge in [-0.1, -0.05) is 18.7 Å². The van der Waals surface area contributed by atoms with Crippen molar-refractivity contribution in [1.29, 1.82) is 0 Å². The van der Waals surface area contributed by atoms with Crippen LogP contribution in [-0.4, -0.2) is 16.6 Å². The first-order chi connectivity index (χ1) is 8.13. The highest BCUT2D eigenvalue weighted by molar-refractivity contribution is 5.81. The van der Waals surface area contributed by atoms with Gasteiger partial charge in [0.25, 0.3) is 5.56 Å². The molecule has 0 saturated heterocycles. The highest BCUT2D eigenvalue weighted by Gasteiger charge is 2.08. The lowest BCUT2D eigenvalue weighted by molar-refractivity contribution is 0.296. The smallest absolute Gasteiger partial charge is 0.259 e. The molecule has 1 aromatic carbocycles. The maximum absolute atomic E-state index is 11.9. The molecule has 0 aliphatic heterocycles. The maximum Gasteiger partial charge on any atom is 0.259 e. The van der Waals surface area contributed by atoms with E-state index in [1.165, 1.54) is 0 Å². The van der Waals surface area contributed by atoms with Crippen LogP contribution in [0, 0.1) is 6.92 Å². The lowest BCUT2D eigenvalue weighted by atomic mass is 10.1. The molecule has 88 valence electrons. The van der Waals surface area contributed by atoms with Crippen LogP contribution in [0.4, 0.5) is 0 Å². The van der Waals surface area contributed by atoms with Crippen molar-refractivity contribution in [2.75, 3.05) is 6.61 Å². The first-order valence-electron chi connectivity index (χ1n) is 5.45. The number of hydrogen-bond donors (Lipinski definition) is 1. The van der Waals surface area contributed by atoms with E-state index in [9.17, 15) is 4.79 Å². The largest absolute Gasteiger partial charge is 0.491 e. The van der Waals surface area contributed by atoms with Gasteiger partial charge in [0.15, 0.2) is 11.6 Å². The number of ether oxygens (including phenoxy) is 1. The fraction of sp³-hybridized carbons (Fsp3) is 0.231. The summed E-state index contributed by atoms with van der Waals surface area (Å²) >= 11 is 0. The molecule has 2 rings (SSSR count). The summed E-state index contributed by atoms with van der Waals surface area (Å²) in [5.41, 5.74) is 1.40. The second kappa shape index (κ2) is 4.41. The van der Waals surface area contributed by atoms with Gasteiger partial charge in [-0.15, -0.1) is 0 Å². The third kappa shape index (κ3) is 2.06. The van der Waals surface area contributed by atoms with Crippen molar-refractivity contribution >= 4 is 16.7 Å². The molecule has 1 aromatic heterocycles. The molecule has 17 heavy (non-hydrogen) atoms. The van der Waals surface area contributed by atoms with Crippen LogP contribution in [0.5, 0.6) is 0 Å². The molecule has 0 atom stereocenters. The predicted molar refractivity (Wildman–Crippen MR) is 67.8 cm³/mol. The highest BCUT2D eigenvalue weighted by atomic mass is 16.5. The predicted octanol–water partition coefficient (Wildman–Crippen LogP) is 2.24. The average molecular weight is 230 g/mol. The van der Waals surface area contributed by atoms with Crippen LogP contribution in [0.15, 0.2) is 29.6 Å². The summed E-state index contributed by atoms with van der Waals surface area (Å²) in [4.78, 5) is 19.0. The normalized spacial score (nSPS) is 10.5. The van der Waals surface area contributed by atoms with Gasteiger partial charge in [0.2, 0.25) is 0 Å². The molecule has 0 aliphatic rings. The van der Waals surface area contributed by atoms with Gasteiger partial charge >= 0.3 is 0 Å². The van der Waals surface area contributed by atoms with E-state index >= 15 is 0 Å². The third-order valence-corrected chi connectivity index (χ3v) is 2.52. The average Bonchev–Trinajstić information content (AvgIpc) is 2.29.